The molecule has 0 radical (unpaired) electrons. The minimum Gasteiger partial charge on any atom is -0.381 e. The first-order chi connectivity index (χ1) is 16.5. The van der Waals surface area contributed by atoms with Crippen molar-refractivity contribution in [1.29, 1.82) is 0 Å². The summed E-state index contributed by atoms with van der Waals surface area (Å²) >= 11 is 0. The first kappa shape index (κ1) is 23.1. The Morgan fingerprint density at radius 3 is 2.79 bits per heavy atom. The predicted molar refractivity (Wildman–Crippen MR) is 131 cm³/mol. The van der Waals surface area contributed by atoms with Crippen LogP contribution in [0.1, 0.15) is 50.5 Å². The van der Waals surface area contributed by atoms with E-state index in [1.54, 1.807) is 18.5 Å². The van der Waals surface area contributed by atoms with Gasteiger partial charge in [-0.05, 0) is 79.2 Å². The molecule has 1 aromatic heterocycles. The van der Waals surface area contributed by atoms with Gasteiger partial charge in [-0.2, -0.15) is 0 Å². The zero-order chi connectivity index (χ0) is 23.7. The van der Waals surface area contributed by atoms with E-state index in [2.05, 4.69) is 22.2 Å². The lowest BCUT2D eigenvalue weighted by Crippen LogP contribution is -2.34. The summed E-state index contributed by atoms with van der Waals surface area (Å²) in [6.45, 7) is 3.66. The number of hydrogen-bond donors (Lipinski definition) is 2. The molecule has 6 nitrogen and oxygen atoms in total. The van der Waals surface area contributed by atoms with Gasteiger partial charge in [0.05, 0.1) is 23.8 Å². The highest BCUT2D eigenvalue weighted by molar-refractivity contribution is 6.06. The van der Waals surface area contributed by atoms with Gasteiger partial charge in [-0.15, -0.1) is 0 Å². The summed E-state index contributed by atoms with van der Waals surface area (Å²) < 4.78 is 20.3. The number of amides is 1. The largest absolute Gasteiger partial charge is 0.381 e. The number of nitrogens with two attached hydrogens (primary N) is 1. The van der Waals surface area contributed by atoms with Crippen LogP contribution in [0.4, 0.5) is 10.1 Å². The second kappa shape index (κ2) is 9.92. The monoisotopic (exact) mass is 464 g/mol. The normalized spacial score (nSPS) is 31.7. The first-order valence-corrected chi connectivity index (χ1v) is 12.4. The van der Waals surface area contributed by atoms with Crippen molar-refractivity contribution in [1.82, 2.24) is 4.98 Å². The van der Waals surface area contributed by atoms with E-state index in [0.29, 0.717) is 36.3 Å². The molecular formula is C27H33FN4O2. The highest BCUT2D eigenvalue weighted by Gasteiger charge is 2.36. The molecule has 2 aliphatic carbocycles. The molecule has 7 heteroatoms. The molecule has 1 saturated heterocycles. The van der Waals surface area contributed by atoms with Gasteiger partial charge in [-0.3, -0.25) is 14.8 Å². The van der Waals surface area contributed by atoms with Gasteiger partial charge in [0.2, 0.25) is 0 Å². The fraction of sp³-hybridized carbons (Fsp3) is 0.519. The average molecular weight is 465 g/mol. The van der Waals surface area contributed by atoms with Crippen LogP contribution in [0.3, 0.4) is 0 Å². The molecular weight excluding hydrogens is 431 g/mol. The van der Waals surface area contributed by atoms with Crippen molar-refractivity contribution in [2.45, 2.75) is 57.0 Å². The van der Waals surface area contributed by atoms with Crippen molar-refractivity contribution < 1.29 is 13.9 Å². The average Bonchev–Trinajstić information content (AvgIpc) is 2.84. The van der Waals surface area contributed by atoms with E-state index in [9.17, 15) is 9.18 Å². The zero-order valence-corrected chi connectivity index (χ0v) is 19.6. The molecule has 2 aliphatic heterocycles. The molecule has 2 unspecified atom stereocenters. The molecule has 1 aromatic rings. The summed E-state index contributed by atoms with van der Waals surface area (Å²) in [6, 6.07) is 1.58. The number of ether oxygens (including phenoxy) is 1. The second-order valence-corrected chi connectivity index (χ2v) is 10.2. The molecule has 0 bridgehead atoms. The molecule has 1 saturated carbocycles. The van der Waals surface area contributed by atoms with Crippen molar-refractivity contribution in [3.63, 3.8) is 0 Å². The molecule has 3 N–H and O–H groups in total. The Morgan fingerprint density at radius 1 is 1.18 bits per heavy atom. The molecule has 5 atom stereocenters. The maximum atomic E-state index is 14.8. The SMILES string of the molecule is C[C@@H]1C[C@H](N)C[C@H](c2ccncc2NC(=O)C2=CC=C(F)C3C=C(C4CCOCC4)C=NC23)C1. The summed E-state index contributed by atoms with van der Waals surface area (Å²) in [7, 11) is 0. The highest BCUT2D eigenvalue weighted by atomic mass is 19.1. The van der Waals surface area contributed by atoms with Crippen molar-refractivity contribution in [3.05, 3.63) is 59.2 Å². The second-order valence-electron chi connectivity index (χ2n) is 10.2. The number of fused-ring (bicyclic) bond motifs is 1. The Hall–Kier alpha value is -2.64. The lowest BCUT2D eigenvalue weighted by molar-refractivity contribution is -0.113. The summed E-state index contributed by atoms with van der Waals surface area (Å²) in [4.78, 5) is 22.3. The highest BCUT2D eigenvalue weighted by Crippen LogP contribution is 2.40. The zero-order valence-electron chi connectivity index (χ0n) is 19.6. The number of nitrogens with one attached hydrogen (secondary N) is 1. The number of pyridine rings is 1. The molecule has 5 rings (SSSR count). The molecule has 3 heterocycles. The van der Waals surface area contributed by atoms with Crippen LogP contribution in [0.25, 0.3) is 0 Å². The number of nitrogens with zero attached hydrogens (tertiary/aromatic N) is 2. The van der Waals surface area contributed by atoms with E-state index >= 15 is 0 Å². The molecule has 34 heavy (non-hydrogen) atoms. The van der Waals surface area contributed by atoms with E-state index in [1.165, 1.54) is 6.08 Å². The standard InChI is InChI=1S/C27H33FN4O2/c1-16-10-18(12-20(29)11-16)21-4-7-30-15-25(21)32-27(33)22-2-3-24(28)23-13-19(14-31-26(22)23)17-5-8-34-9-6-17/h2-4,7,13-18,20,23,26H,5-6,8-12,29H2,1H3,(H,32,33)/t16-,18+,20-,23?,26?/m0/s1. The molecule has 1 amide bonds. The van der Waals surface area contributed by atoms with E-state index < -0.39 is 12.0 Å². The molecule has 180 valence electrons. The quantitative estimate of drug-likeness (QED) is 0.688. The third kappa shape index (κ3) is 4.77. The van der Waals surface area contributed by atoms with Crippen LogP contribution in [0.2, 0.25) is 0 Å². The predicted octanol–water partition coefficient (Wildman–Crippen LogP) is 4.47. The molecule has 0 spiro atoms. The Morgan fingerprint density at radius 2 is 2.00 bits per heavy atom. The summed E-state index contributed by atoms with van der Waals surface area (Å²) in [5.74, 6) is 0.0843. The van der Waals surface area contributed by atoms with Crippen LogP contribution >= 0.6 is 0 Å². The first-order valence-electron chi connectivity index (χ1n) is 12.4. The van der Waals surface area contributed by atoms with E-state index in [4.69, 9.17) is 10.5 Å². The van der Waals surface area contributed by atoms with Crippen LogP contribution in [0.5, 0.6) is 0 Å². The lowest BCUT2D eigenvalue weighted by Gasteiger charge is -2.33. The number of aliphatic imine (C=N–C) groups is 1. The molecule has 4 aliphatic rings. The number of hydrogen-bond acceptors (Lipinski definition) is 5. The smallest absolute Gasteiger partial charge is 0.253 e. The van der Waals surface area contributed by atoms with Crippen molar-refractivity contribution in [2.75, 3.05) is 18.5 Å². The number of aromatic nitrogens is 1. The van der Waals surface area contributed by atoms with Gasteiger partial charge < -0.3 is 15.8 Å². The van der Waals surface area contributed by atoms with Gasteiger partial charge in [-0.1, -0.05) is 13.0 Å². The minimum absolute atomic E-state index is 0.161. The van der Waals surface area contributed by atoms with E-state index in [1.807, 2.05) is 18.4 Å². The van der Waals surface area contributed by atoms with Crippen LogP contribution < -0.4 is 11.1 Å². The van der Waals surface area contributed by atoms with Gasteiger partial charge in [0, 0.05) is 37.2 Å². The van der Waals surface area contributed by atoms with Crippen molar-refractivity contribution in [2.24, 2.45) is 28.5 Å². The summed E-state index contributed by atoms with van der Waals surface area (Å²) in [6.07, 6.45) is 15.0. The Bertz CT molecular complexity index is 1050. The molecule has 2 fully saturated rings. The number of rotatable bonds is 4. The number of dihydropyridines is 1. The topological polar surface area (TPSA) is 89.6 Å². The van der Waals surface area contributed by atoms with Gasteiger partial charge >= 0.3 is 0 Å². The number of anilines is 1. The van der Waals surface area contributed by atoms with Crippen molar-refractivity contribution in [3.8, 4) is 0 Å². The third-order valence-electron chi connectivity index (χ3n) is 7.63. The van der Waals surface area contributed by atoms with Crippen molar-refractivity contribution >= 4 is 17.8 Å². The number of carbonyl (C=O) groups is 1. The minimum atomic E-state index is -0.558. The maximum absolute atomic E-state index is 14.8. The number of allylic oxidation sites excluding steroid dienone is 3. The Kier molecular flexibility index (Phi) is 6.75. The van der Waals surface area contributed by atoms with Crippen LogP contribution in [-0.4, -0.2) is 42.4 Å². The fourth-order valence-corrected chi connectivity index (χ4v) is 5.94. The summed E-state index contributed by atoms with van der Waals surface area (Å²) in [5.41, 5.74) is 9.57. The number of halogens is 1. The maximum Gasteiger partial charge on any atom is 0.253 e. The van der Waals surface area contributed by atoms with Gasteiger partial charge in [0.25, 0.3) is 5.91 Å². The van der Waals surface area contributed by atoms with E-state index in [0.717, 1.165) is 43.2 Å². The Labute approximate surface area is 200 Å². The van der Waals surface area contributed by atoms with E-state index in [-0.39, 0.29) is 23.7 Å². The van der Waals surface area contributed by atoms with Crippen LogP contribution in [0, 0.1) is 17.8 Å². The van der Waals surface area contributed by atoms with Gasteiger partial charge in [-0.25, -0.2) is 4.39 Å². The van der Waals surface area contributed by atoms with Crippen LogP contribution in [-0.2, 0) is 9.53 Å². The number of carbonyl (C=O) groups excluding carboxylic acids is 1. The molecule has 0 aromatic carbocycles. The van der Waals surface area contributed by atoms with Crippen LogP contribution in [0.15, 0.2) is 58.7 Å². The summed E-state index contributed by atoms with van der Waals surface area (Å²) in [5, 5.41) is 3.06. The van der Waals surface area contributed by atoms with Gasteiger partial charge in [0.15, 0.2) is 0 Å². The fourth-order valence-electron chi connectivity index (χ4n) is 5.94. The Balaban J connectivity index is 1.34. The lowest BCUT2D eigenvalue weighted by atomic mass is 9.76. The van der Waals surface area contributed by atoms with Gasteiger partial charge in [0.1, 0.15) is 5.83 Å². The third-order valence-corrected chi connectivity index (χ3v) is 7.63.